The van der Waals surface area contributed by atoms with Gasteiger partial charge in [0.25, 0.3) is 0 Å². The van der Waals surface area contributed by atoms with Crippen molar-refractivity contribution >= 4 is 31.4 Å². The number of methoxy groups -OCH3 is 1. The largest absolute Gasteiger partial charge is 0.458 e. The third-order valence-electron chi connectivity index (χ3n) is 10.5. The summed E-state index contributed by atoms with van der Waals surface area (Å²) in [5, 5.41) is 8.56. The predicted molar refractivity (Wildman–Crippen MR) is 180 cm³/mol. The van der Waals surface area contributed by atoms with E-state index in [1.54, 1.807) is 30.5 Å². The molecule has 2 aliphatic heterocycles. The van der Waals surface area contributed by atoms with Crippen LogP contribution >= 0.6 is 0 Å². The van der Waals surface area contributed by atoms with E-state index >= 15 is 0 Å². The molecular formula is C35H52BN5O6. The third kappa shape index (κ3) is 7.68. The van der Waals surface area contributed by atoms with Gasteiger partial charge in [-0.15, -0.1) is 5.10 Å². The molecular weight excluding hydrogens is 597 g/mol. The Morgan fingerprint density at radius 3 is 2.47 bits per heavy atom. The maximum absolute atomic E-state index is 13.6. The minimum absolute atomic E-state index is 0.0119. The topological polar surface area (TPSA) is 139 Å². The van der Waals surface area contributed by atoms with Crippen LogP contribution in [0, 0.1) is 23.7 Å². The maximum atomic E-state index is 13.6. The number of hydrogen-bond donors (Lipinski definition) is 1. The van der Waals surface area contributed by atoms with E-state index in [9.17, 15) is 14.4 Å². The highest BCUT2D eigenvalue weighted by Gasteiger charge is 2.58. The van der Waals surface area contributed by atoms with E-state index in [0.29, 0.717) is 38.0 Å². The summed E-state index contributed by atoms with van der Waals surface area (Å²) in [6, 6.07) is 7.15. The number of nitrogens with two attached hydrogens (primary N) is 1. The van der Waals surface area contributed by atoms with Gasteiger partial charge in [-0.2, -0.15) is 0 Å². The summed E-state index contributed by atoms with van der Waals surface area (Å²) in [5.74, 6) is -3.08. The number of ketones is 1. The van der Waals surface area contributed by atoms with Crippen LogP contribution in [0.5, 0.6) is 0 Å². The Bertz CT molecular complexity index is 1420. The average Bonchev–Trinajstić information content (AvgIpc) is 3.61. The second kappa shape index (κ2) is 14.8. The number of rotatable bonds is 8. The summed E-state index contributed by atoms with van der Waals surface area (Å²) in [4.78, 5) is 42.3. The fraction of sp³-hybridized carbons (Fsp3) is 0.686. The number of anilines is 1. The van der Waals surface area contributed by atoms with Gasteiger partial charge in [0, 0.05) is 37.4 Å². The number of carbonyl (C=O) groups is 3. The van der Waals surface area contributed by atoms with Gasteiger partial charge in [0.1, 0.15) is 23.5 Å². The van der Waals surface area contributed by atoms with Crippen molar-refractivity contribution < 1.29 is 28.6 Å². The van der Waals surface area contributed by atoms with Crippen molar-refractivity contribution in [2.45, 2.75) is 116 Å². The number of ether oxygens (including phenoxy) is 3. The number of Topliss-reactive ketones (excluding diaryl/α,β-unsaturated/α-hetero) is 1. The number of benzene rings is 1. The highest BCUT2D eigenvalue weighted by Crippen LogP contribution is 2.44. The number of fused-ring (bicyclic) bond motifs is 1. The van der Waals surface area contributed by atoms with Gasteiger partial charge < -0.3 is 24.8 Å². The van der Waals surface area contributed by atoms with Gasteiger partial charge >= 0.3 is 12.1 Å². The number of amides is 1. The first-order valence-electron chi connectivity index (χ1n) is 17.0. The van der Waals surface area contributed by atoms with E-state index in [2.05, 4.69) is 24.2 Å². The first-order valence-corrected chi connectivity index (χ1v) is 17.0. The number of cyclic esters (lactones) is 1. The lowest BCUT2D eigenvalue weighted by molar-refractivity contribution is -0.171. The summed E-state index contributed by atoms with van der Waals surface area (Å²) in [6.45, 7) is 14.4. The van der Waals surface area contributed by atoms with Crippen molar-refractivity contribution in [2.75, 3.05) is 19.4 Å². The number of esters is 1. The molecule has 9 atom stereocenters. The number of aromatic nitrogens is 3. The van der Waals surface area contributed by atoms with Crippen LogP contribution in [0.15, 0.2) is 30.5 Å². The lowest BCUT2D eigenvalue weighted by atomic mass is 9.62. The molecule has 3 heterocycles. The molecule has 11 nitrogen and oxygen atoms in total. The Labute approximate surface area is 280 Å². The quantitative estimate of drug-likeness (QED) is 0.130. The minimum Gasteiger partial charge on any atom is -0.458 e. The fourth-order valence-corrected chi connectivity index (χ4v) is 7.84. The summed E-state index contributed by atoms with van der Waals surface area (Å²) in [7, 11) is 8.28. The van der Waals surface area contributed by atoms with Crippen LogP contribution in [-0.4, -0.2) is 82.6 Å². The fourth-order valence-electron chi connectivity index (χ4n) is 7.84. The molecule has 2 fully saturated rings. The summed E-state index contributed by atoms with van der Waals surface area (Å²) >= 11 is 0. The van der Waals surface area contributed by atoms with Crippen molar-refractivity contribution in [3.63, 3.8) is 0 Å². The zero-order valence-electron chi connectivity index (χ0n) is 29.3. The third-order valence-corrected chi connectivity index (χ3v) is 10.5. The molecule has 2 aliphatic rings. The number of unbranched alkanes of at least 4 members (excludes halogenated alkanes) is 1. The van der Waals surface area contributed by atoms with Crippen molar-refractivity contribution in [2.24, 2.45) is 23.7 Å². The van der Waals surface area contributed by atoms with Gasteiger partial charge in [-0.3, -0.25) is 14.3 Å². The highest BCUT2D eigenvalue weighted by atomic mass is 16.6. The monoisotopic (exact) mass is 649 g/mol. The van der Waals surface area contributed by atoms with E-state index in [0.717, 1.165) is 24.1 Å². The van der Waals surface area contributed by atoms with E-state index in [4.69, 9.17) is 27.8 Å². The lowest BCUT2D eigenvalue weighted by Gasteiger charge is -2.43. The van der Waals surface area contributed by atoms with Crippen molar-refractivity contribution in [1.29, 1.82) is 0 Å². The first-order chi connectivity index (χ1) is 22.1. The summed E-state index contributed by atoms with van der Waals surface area (Å²) in [5.41, 5.74) is 6.33. The highest BCUT2D eigenvalue weighted by molar-refractivity contribution is 6.15. The van der Waals surface area contributed by atoms with E-state index in [-0.39, 0.29) is 23.7 Å². The molecule has 0 saturated carbocycles. The van der Waals surface area contributed by atoms with Crippen molar-refractivity contribution in [3.8, 4) is 11.3 Å². The number of nitrogens with zero attached hydrogens (tertiary/aromatic N) is 4. The number of aryl methyl sites for hydroxylation is 1. The van der Waals surface area contributed by atoms with Gasteiger partial charge in [0.05, 0.1) is 25.7 Å². The molecule has 1 aromatic heterocycles. The zero-order valence-corrected chi connectivity index (χ0v) is 29.3. The second-order valence-corrected chi connectivity index (χ2v) is 14.2. The zero-order chi connectivity index (χ0) is 34.7. The molecule has 2 N–H and O–H groups in total. The lowest BCUT2D eigenvalue weighted by Crippen LogP contribution is -2.56. The molecule has 4 rings (SSSR count). The molecule has 1 amide bonds. The van der Waals surface area contributed by atoms with Crippen LogP contribution in [-0.2, 0) is 30.3 Å². The number of hydrogen-bond acceptors (Lipinski definition) is 9. The van der Waals surface area contributed by atoms with Gasteiger partial charge in [-0.05, 0) is 82.7 Å². The van der Waals surface area contributed by atoms with E-state index in [1.807, 2.05) is 51.2 Å². The van der Waals surface area contributed by atoms with Crippen LogP contribution in [0.2, 0.25) is 5.82 Å². The van der Waals surface area contributed by atoms with Gasteiger partial charge in [0.2, 0.25) is 0 Å². The molecule has 2 saturated heterocycles. The summed E-state index contributed by atoms with van der Waals surface area (Å²) < 4.78 is 20.0. The normalized spacial score (nSPS) is 34.0. The summed E-state index contributed by atoms with van der Waals surface area (Å²) in [6.07, 6.45) is 3.95. The molecule has 256 valence electrons. The number of carbonyl (C=O) groups excluding carboxylic acids is 3. The van der Waals surface area contributed by atoms with Crippen LogP contribution in [0.3, 0.4) is 0 Å². The van der Waals surface area contributed by atoms with Crippen LogP contribution in [0.25, 0.3) is 11.3 Å². The maximum Gasteiger partial charge on any atom is 0.410 e. The molecule has 47 heavy (non-hydrogen) atoms. The Morgan fingerprint density at radius 2 is 1.81 bits per heavy atom. The minimum atomic E-state index is -1.11. The Balaban J connectivity index is 1.55. The molecule has 0 spiro atoms. The molecule has 0 unspecified atom stereocenters. The average molecular weight is 650 g/mol. The molecule has 2 radical (unpaired) electrons. The Morgan fingerprint density at radius 1 is 1.11 bits per heavy atom. The predicted octanol–water partition coefficient (Wildman–Crippen LogP) is 5.48. The van der Waals surface area contributed by atoms with Crippen molar-refractivity contribution in [1.82, 2.24) is 19.9 Å². The van der Waals surface area contributed by atoms with Gasteiger partial charge in [-0.1, -0.05) is 45.0 Å². The SMILES string of the molecule is [B][C@@H]1[C@@H](C)C(=O)[C@@H](C)C(=O)O[C@H](CC)[C@@]2(C)OC(=O)N(CCCCn3cc(-c4cccc(N)c4)nn3)[C@@H]2[C@@H](C)C[C@@H](C)C[C@@]1(C)OC. The Kier molecular flexibility index (Phi) is 11.5. The standard InChI is InChI=1S/C35H52BN5O6/c1-9-28-35(7)31(22(3)17-21(2)19-34(6,45-8)30(36)23(4)29(42)24(5)32(43)46-28)41(33(44)47-35)16-11-10-15-40-20-27(38-39-40)25-13-12-14-26(37)18-25/h12-14,18,20-24,28,30-31H,9-11,15-17,19,37H2,1-8H3/t21-,22+,23+,24-,28-,30-,31-,34-,35-/m1/s1. The molecule has 0 aliphatic carbocycles. The van der Waals surface area contributed by atoms with Crippen molar-refractivity contribution in [3.05, 3.63) is 30.5 Å². The number of nitrogen functional groups attached to an aromatic ring is 1. The molecule has 12 heteroatoms. The van der Waals surface area contributed by atoms with E-state index < -0.39 is 47.0 Å². The smallest absolute Gasteiger partial charge is 0.410 e. The van der Waals surface area contributed by atoms with Crippen LogP contribution in [0.4, 0.5) is 10.5 Å². The Hall–Kier alpha value is -3.41. The van der Waals surface area contributed by atoms with E-state index in [1.165, 1.54) is 0 Å². The molecule has 1 aromatic carbocycles. The second-order valence-electron chi connectivity index (χ2n) is 14.2. The van der Waals surface area contributed by atoms with Gasteiger partial charge in [0.15, 0.2) is 5.60 Å². The first kappa shape index (κ1) is 36.4. The molecule has 2 aromatic rings. The molecule has 0 bridgehead atoms. The van der Waals surface area contributed by atoms with Crippen LogP contribution in [0.1, 0.15) is 80.6 Å². The van der Waals surface area contributed by atoms with Crippen LogP contribution < -0.4 is 5.73 Å². The van der Waals surface area contributed by atoms with Gasteiger partial charge in [-0.25, -0.2) is 4.79 Å².